The molecule has 0 unspecified atom stereocenters. The Labute approximate surface area is 123 Å². The van der Waals surface area contributed by atoms with Crippen LogP contribution >= 0.6 is 39.1 Å². The summed E-state index contributed by atoms with van der Waals surface area (Å²) >= 11 is 15.2. The molecule has 0 saturated carbocycles. The van der Waals surface area contributed by atoms with Crippen LogP contribution in [0.1, 0.15) is 5.69 Å². The minimum atomic E-state index is 0.514. The lowest BCUT2D eigenvalue weighted by molar-refractivity contribution is 0.765. The number of benzene rings is 1. The third-order valence-corrected chi connectivity index (χ3v) is 3.27. The normalized spacial score (nSPS) is 11.1. The Bertz CT molecular complexity index is 595. The van der Waals surface area contributed by atoms with E-state index in [2.05, 4.69) is 31.6 Å². The molecule has 1 heterocycles. The average Bonchev–Trinajstić information content (AvgIpc) is 2.61. The van der Waals surface area contributed by atoms with Crippen LogP contribution < -0.4 is 5.43 Å². The minimum Gasteiger partial charge on any atom is -0.277 e. The zero-order valence-corrected chi connectivity index (χ0v) is 12.5. The van der Waals surface area contributed by atoms with Gasteiger partial charge in [-0.15, -0.1) is 0 Å². The molecular formula is C11H9BrCl2N4. The van der Waals surface area contributed by atoms with Crippen LogP contribution in [0.4, 0.5) is 5.69 Å². The van der Waals surface area contributed by atoms with Crippen molar-refractivity contribution < 1.29 is 0 Å². The van der Waals surface area contributed by atoms with Crippen molar-refractivity contribution in [2.45, 2.75) is 0 Å². The molecule has 0 saturated heterocycles. The summed E-state index contributed by atoms with van der Waals surface area (Å²) in [6.45, 7) is 0. The van der Waals surface area contributed by atoms with Crippen LogP contribution in [0.25, 0.3) is 0 Å². The van der Waals surface area contributed by atoms with Crippen molar-refractivity contribution in [2.75, 3.05) is 5.43 Å². The lowest BCUT2D eigenvalue weighted by Crippen LogP contribution is -1.94. The van der Waals surface area contributed by atoms with E-state index in [0.29, 0.717) is 15.7 Å². The largest absolute Gasteiger partial charge is 0.277 e. The maximum Gasteiger partial charge on any atom is 0.119 e. The van der Waals surface area contributed by atoms with Crippen molar-refractivity contribution in [1.82, 2.24) is 9.78 Å². The number of aryl methyl sites for hydroxylation is 1. The summed E-state index contributed by atoms with van der Waals surface area (Å²) in [5.74, 6) is 0. The van der Waals surface area contributed by atoms with Gasteiger partial charge in [-0.3, -0.25) is 10.1 Å². The van der Waals surface area contributed by atoms with Gasteiger partial charge in [0.05, 0.1) is 21.4 Å². The van der Waals surface area contributed by atoms with E-state index in [0.717, 1.165) is 10.2 Å². The lowest BCUT2D eigenvalue weighted by Gasteiger charge is -2.02. The van der Waals surface area contributed by atoms with Gasteiger partial charge < -0.3 is 0 Å². The Balaban J connectivity index is 2.09. The highest BCUT2D eigenvalue weighted by Crippen LogP contribution is 2.25. The number of hydrogen-bond donors (Lipinski definition) is 1. The standard InChI is InChI=1S/C11H9BrCl2N4/c1-18-6-8(12)11(17-18)5-15-16-10-3-2-7(13)4-9(10)14/h2-6,16H,1H3/b15-5-. The van der Waals surface area contributed by atoms with Gasteiger partial charge in [0.2, 0.25) is 0 Å². The second-order valence-electron chi connectivity index (χ2n) is 3.53. The van der Waals surface area contributed by atoms with Gasteiger partial charge in [0.15, 0.2) is 0 Å². The average molecular weight is 348 g/mol. The van der Waals surface area contributed by atoms with Crippen molar-refractivity contribution in [3.05, 3.63) is 44.6 Å². The summed E-state index contributed by atoms with van der Waals surface area (Å²) in [4.78, 5) is 0. The van der Waals surface area contributed by atoms with Gasteiger partial charge in [0, 0.05) is 18.3 Å². The van der Waals surface area contributed by atoms with Gasteiger partial charge in [-0.25, -0.2) is 0 Å². The molecule has 18 heavy (non-hydrogen) atoms. The summed E-state index contributed by atoms with van der Waals surface area (Å²) in [5.41, 5.74) is 4.25. The second kappa shape index (κ2) is 5.73. The smallest absolute Gasteiger partial charge is 0.119 e. The van der Waals surface area contributed by atoms with Crippen molar-refractivity contribution >= 4 is 51.0 Å². The number of halogens is 3. The highest BCUT2D eigenvalue weighted by Gasteiger charge is 2.02. The number of hydrazone groups is 1. The third kappa shape index (κ3) is 3.25. The molecule has 0 atom stereocenters. The predicted octanol–water partition coefficient (Wildman–Crippen LogP) is 3.94. The molecule has 0 amide bonds. The Morgan fingerprint density at radius 1 is 1.44 bits per heavy atom. The molecule has 1 aromatic carbocycles. The molecule has 2 aromatic rings. The molecule has 0 bridgehead atoms. The van der Waals surface area contributed by atoms with Crippen LogP contribution in [0, 0.1) is 0 Å². The number of anilines is 1. The molecule has 94 valence electrons. The molecule has 0 fully saturated rings. The first-order chi connectivity index (χ1) is 8.56. The van der Waals surface area contributed by atoms with Crippen molar-refractivity contribution in [2.24, 2.45) is 12.1 Å². The summed E-state index contributed by atoms with van der Waals surface area (Å²) in [6, 6.07) is 5.15. The summed E-state index contributed by atoms with van der Waals surface area (Å²) in [6.07, 6.45) is 3.45. The molecule has 4 nitrogen and oxygen atoms in total. The fourth-order valence-electron chi connectivity index (χ4n) is 1.31. The number of hydrogen-bond acceptors (Lipinski definition) is 3. The lowest BCUT2D eigenvalue weighted by atomic mass is 10.3. The highest BCUT2D eigenvalue weighted by atomic mass is 79.9. The van der Waals surface area contributed by atoms with Gasteiger partial charge in [-0.05, 0) is 34.1 Å². The summed E-state index contributed by atoms with van der Waals surface area (Å²) in [7, 11) is 1.84. The first-order valence-corrected chi connectivity index (χ1v) is 6.54. The van der Waals surface area contributed by atoms with E-state index in [-0.39, 0.29) is 0 Å². The van der Waals surface area contributed by atoms with E-state index in [1.54, 1.807) is 29.1 Å². The molecule has 0 aliphatic rings. The zero-order valence-electron chi connectivity index (χ0n) is 9.36. The van der Waals surface area contributed by atoms with Gasteiger partial charge in [0.25, 0.3) is 0 Å². The first-order valence-electron chi connectivity index (χ1n) is 4.99. The van der Waals surface area contributed by atoms with E-state index in [1.807, 2.05) is 13.2 Å². The Hall–Kier alpha value is -1.04. The Morgan fingerprint density at radius 3 is 2.83 bits per heavy atom. The van der Waals surface area contributed by atoms with Gasteiger partial charge in [0.1, 0.15) is 5.69 Å². The van der Waals surface area contributed by atoms with Crippen LogP contribution in [0.3, 0.4) is 0 Å². The molecule has 1 N–H and O–H groups in total. The van der Waals surface area contributed by atoms with E-state index in [1.165, 1.54) is 0 Å². The predicted molar refractivity (Wildman–Crippen MR) is 78.6 cm³/mol. The second-order valence-corrected chi connectivity index (χ2v) is 5.23. The number of nitrogens with one attached hydrogen (secondary N) is 1. The van der Waals surface area contributed by atoms with Crippen molar-refractivity contribution in [1.29, 1.82) is 0 Å². The minimum absolute atomic E-state index is 0.514. The molecule has 0 aliphatic heterocycles. The topological polar surface area (TPSA) is 42.2 Å². The Morgan fingerprint density at radius 2 is 2.22 bits per heavy atom. The summed E-state index contributed by atoms with van der Waals surface area (Å²) in [5, 5.41) is 9.37. The van der Waals surface area contributed by atoms with Crippen LogP contribution in [-0.2, 0) is 7.05 Å². The van der Waals surface area contributed by atoms with E-state index in [9.17, 15) is 0 Å². The van der Waals surface area contributed by atoms with Gasteiger partial charge in [-0.1, -0.05) is 23.2 Å². The number of rotatable bonds is 3. The fourth-order valence-corrected chi connectivity index (χ4v) is 2.24. The van der Waals surface area contributed by atoms with Crippen LogP contribution in [-0.4, -0.2) is 16.0 Å². The van der Waals surface area contributed by atoms with Crippen LogP contribution in [0.2, 0.25) is 10.0 Å². The first kappa shape index (κ1) is 13.4. The van der Waals surface area contributed by atoms with Gasteiger partial charge in [-0.2, -0.15) is 10.2 Å². The number of nitrogens with zero attached hydrogens (tertiary/aromatic N) is 3. The molecule has 0 aliphatic carbocycles. The monoisotopic (exact) mass is 346 g/mol. The molecule has 7 heteroatoms. The van der Waals surface area contributed by atoms with Crippen molar-refractivity contribution in [3.63, 3.8) is 0 Å². The van der Waals surface area contributed by atoms with E-state index in [4.69, 9.17) is 23.2 Å². The maximum absolute atomic E-state index is 6.00. The number of aromatic nitrogens is 2. The SMILES string of the molecule is Cn1cc(Br)c(/C=N\Nc2ccc(Cl)cc2Cl)n1. The van der Waals surface area contributed by atoms with Gasteiger partial charge >= 0.3 is 0 Å². The summed E-state index contributed by atoms with van der Waals surface area (Å²) < 4.78 is 2.57. The quantitative estimate of drug-likeness (QED) is 0.675. The zero-order chi connectivity index (χ0) is 13.1. The molecule has 0 spiro atoms. The van der Waals surface area contributed by atoms with E-state index >= 15 is 0 Å². The molecule has 0 radical (unpaired) electrons. The maximum atomic E-state index is 6.00. The Kier molecular flexibility index (Phi) is 4.27. The van der Waals surface area contributed by atoms with Crippen molar-refractivity contribution in [3.8, 4) is 0 Å². The van der Waals surface area contributed by atoms with Crippen LogP contribution in [0.15, 0.2) is 34.0 Å². The highest BCUT2D eigenvalue weighted by molar-refractivity contribution is 9.10. The molecular weight excluding hydrogens is 339 g/mol. The third-order valence-electron chi connectivity index (χ3n) is 2.11. The van der Waals surface area contributed by atoms with Crippen LogP contribution in [0.5, 0.6) is 0 Å². The van der Waals surface area contributed by atoms with E-state index < -0.39 is 0 Å². The molecule has 2 rings (SSSR count). The fraction of sp³-hybridized carbons (Fsp3) is 0.0909. The molecule has 1 aromatic heterocycles.